The lowest BCUT2D eigenvalue weighted by Crippen LogP contribution is -2.16. The molecule has 138 valence electrons. The Morgan fingerprint density at radius 1 is 0.852 bits per heavy atom. The fourth-order valence-corrected chi connectivity index (χ4v) is 3.78. The van der Waals surface area contributed by atoms with Gasteiger partial charge in [0.15, 0.2) is 0 Å². The van der Waals surface area contributed by atoms with Crippen molar-refractivity contribution >= 4 is 27.3 Å². The number of nitrogens with one attached hydrogen (secondary N) is 2. The van der Waals surface area contributed by atoms with Crippen LogP contribution in [0.25, 0.3) is 0 Å². The molecule has 6 heteroatoms. The second kappa shape index (κ2) is 7.63. The van der Waals surface area contributed by atoms with Gasteiger partial charge in [0.05, 0.1) is 4.90 Å². The Kier molecular flexibility index (Phi) is 5.28. The lowest BCUT2D eigenvalue weighted by molar-refractivity contribution is 0.102. The number of amides is 1. The van der Waals surface area contributed by atoms with Crippen molar-refractivity contribution in [3.05, 3.63) is 89.5 Å². The molecule has 0 bridgehead atoms. The number of benzene rings is 3. The van der Waals surface area contributed by atoms with Crippen molar-refractivity contribution in [2.45, 2.75) is 18.7 Å². The standard InChI is InChI=1S/C21H20N2O3S/c1-15-11-12-20(16(2)13-15)22-21(24)17-7-6-10-19(14-17)27(25,26)23-18-8-4-3-5-9-18/h3-14,23H,1-2H3,(H,22,24). The van der Waals surface area contributed by atoms with Gasteiger partial charge in [0.25, 0.3) is 15.9 Å². The Bertz CT molecular complexity index is 1080. The minimum Gasteiger partial charge on any atom is -0.322 e. The van der Waals surface area contributed by atoms with E-state index in [0.717, 1.165) is 11.1 Å². The molecule has 3 rings (SSSR count). The van der Waals surface area contributed by atoms with E-state index < -0.39 is 10.0 Å². The van der Waals surface area contributed by atoms with E-state index in [1.54, 1.807) is 42.5 Å². The summed E-state index contributed by atoms with van der Waals surface area (Å²) in [5.41, 5.74) is 3.47. The lowest BCUT2D eigenvalue weighted by atomic mass is 10.1. The summed E-state index contributed by atoms with van der Waals surface area (Å²) in [5.74, 6) is -0.362. The maximum Gasteiger partial charge on any atom is 0.261 e. The molecule has 0 fully saturated rings. The average Bonchev–Trinajstić information content (AvgIpc) is 2.64. The van der Waals surface area contributed by atoms with Crippen molar-refractivity contribution < 1.29 is 13.2 Å². The van der Waals surface area contributed by atoms with Gasteiger partial charge in [-0.15, -0.1) is 0 Å². The van der Waals surface area contributed by atoms with Gasteiger partial charge in [-0.05, 0) is 55.8 Å². The van der Waals surface area contributed by atoms with E-state index in [4.69, 9.17) is 0 Å². The monoisotopic (exact) mass is 380 g/mol. The number of anilines is 2. The summed E-state index contributed by atoms with van der Waals surface area (Å²) in [6.45, 7) is 3.89. The Balaban J connectivity index is 1.83. The summed E-state index contributed by atoms with van der Waals surface area (Å²) in [7, 11) is -3.79. The quantitative estimate of drug-likeness (QED) is 0.691. The molecule has 0 aliphatic heterocycles. The summed E-state index contributed by atoms with van der Waals surface area (Å²) in [6.07, 6.45) is 0. The first-order chi connectivity index (χ1) is 12.8. The van der Waals surface area contributed by atoms with Crippen LogP contribution in [0.1, 0.15) is 21.5 Å². The lowest BCUT2D eigenvalue weighted by Gasteiger charge is -2.11. The van der Waals surface area contributed by atoms with Gasteiger partial charge in [0, 0.05) is 16.9 Å². The minimum atomic E-state index is -3.79. The molecule has 2 N–H and O–H groups in total. The molecule has 0 saturated carbocycles. The predicted octanol–water partition coefficient (Wildman–Crippen LogP) is 4.36. The normalized spacial score (nSPS) is 11.0. The Morgan fingerprint density at radius 2 is 1.59 bits per heavy atom. The molecule has 3 aromatic carbocycles. The third-order valence-corrected chi connectivity index (χ3v) is 5.44. The predicted molar refractivity (Wildman–Crippen MR) is 108 cm³/mol. The summed E-state index contributed by atoms with van der Waals surface area (Å²) in [5, 5.41) is 2.83. The molecule has 0 aliphatic carbocycles. The average molecular weight is 380 g/mol. The van der Waals surface area contributed by atoms with Crippen LogP contribution in [-0.4, -0.2) is 14.3 Å². The summed E-state index contributed by atoms with van der Waals surface area (Å²) < 4.78 is 27.7. The highest BCUT2D eigenvalue weighted by Crippen LogP contribution is 2.20. The van der Waals surface area contributed by atoms with Gasteiger partial charge in [0.1, 0.15) is 0 Å². The molecule has 1 amide bonds. The highest BCUT2D eigenvalue weighted by Gasteiger charge is 2.17. The van der Waals surface area contributed by atoms with Crippen LogP contribution in [0, 0.1) is 13.8 Å². The molecule has 5 nitrogen and oxygen atoms in total. The van der Waals surface area contributed by atoms with E-state index in [2.05, 4.69) is 10.0 Å². The van der Waals surface area contributed by atoms with Gasteiger partial charge in [-0.3, -0.25) is 9.52 Å². The van der Waals surface area contributed by atoms with Crippen molar-refractivity contribution in [2.24, 2.45) is 0 Å². The first-order valence-electron chi connectivity index (χ1n) is 8.42. The molecule has 0 heterocycles. The van der Waals surface area contributed by atoms with E-state index in [1.807, 2.05) is 32.0 Å². The first kappa shape index (κ1) is 18.7. The second-order valence-electron chi connectivity index (χ2n) is 6.27. The van der Waals surface area contributed by atoms with Crippen LogP contribution in [-0.2, 0) is 10.0 Å². The summed E-state index contributed by atoms with van der Waals surface area (Å²) >= 11 is 0. The molecular formula is C21H20N2O3S. The first-order valence-corrected chi connectivity index (χ1v) is 9.90. The molecule has 0 atom stereocenters. The van der Waals surface area contributed by atoms with E-state index >= 15 is 0 Å². The zero-order chi connectivity index (χ0) is 19.4. The van der Waals surface area contributed by atoms with Gasteiger partial charge in [-0.2, -0.15) is 0 Å². The number of sulfonamides is 1. The second-order valence-corrected chi connectivity index (χ2v) is 7.95. The zero-order valence-corrected chi connectivity index (χ0v) is 15.9. The molecule has 0 unspecified atom stereocenters. The largest absolute Gasteiger partial charge is 0.322 e. The maximum atomic E-state index is 12.6. The molecule has 0 saturated heterocycles. The molecular weight excluding hydrogens is 360 g/mol. The fourth-order valence-electron chi connectivity index (χ4n) is 2.67. The smallest absolute Gasteiger partial charge is 0.261 e. The molecule has 0 aliphatic rings. The highest BCUT2D eigenvalue weighted by molar-refractivity contribution is 7.92. The highest BCUT2D eigenvalue weighted by atomic mass is 32.2. The molecule has 0 radical (unpaired) electrons. The topological polar surface area (TPSA) is 75.3 Å². The van der Waals surface area contributed by atoms with E-state index in [0.29, 0.717) is 11.4 Å². The molecule has 27 heavy (non-hydrogen) atoms. The molecule has 0 spiro atoms. The van der Waals surface area contributed by atoms with Gasteiger partial charge < -0.3 is 5.32 Å². The molecule has 3 aromatic rings. The van der Waals surface area contributed by atoms with Crippen LogP contribution in [0.2, 0.25) is 0 Å². The number of rotatable bonds is 5. The van der Waals surface area contributed by atoms with Gasteiger partial charge >= 0.3 is 0 Å². The number of hydrogen-bond acceptors (Lipinski definition) is 3. The minimum absolute atomic E-state index is 0.0274. The fraction of sp³-hybridized carbons (Fsp3) is 0.0952. The van der Waals surface area contributed by atoms with Gasteiger partial charge in [0.2, 0.25) is 0 Å². The molecule has 0 aromatic heterocycles. The van der Waals surface area contributed by atoms with Crippen LogP contribution < -0.4 is 10.0 Å². The van der Waals surface area contributed by atoms with E-state index in [-0.39, 0.29) is 16.4 Å². The SMILES string of the molecule is Cc1ccc(NC(=O)c2cccc(S(=O)(=O)Nc3ccccc3)c2)c(C)c1. The summed E-state index contributed by atoms with van der Waals surface area (Å²) in [4.78, 5) is 12.6. The van der Waals surface area contributed by atoms with E-state index in [1.165, 1.54) is 12.1 Å². The van der Waals surface area contributed by atoms with Gasteiger partial charge in [-0.1, -0.05) is 42.0 Å². The number of carbonyl (C=O) groups is 1. The van der Waals surface area contributed by atoms with Crippen LogP contribution in [0.15, 0.2) is 77.7 Å². The number of carbonyl (C=O) groups excluding carboxylic acids is 1. The van der Waals surface area contributed by atoms with Crippen LogP contribution >= 0.6 is 0 Å². The Hall–Kier alpha value is -3.12. The van der Waals surface area contributed by atoms with Crippen LogP contribution in [0.5, 0.6) is 0 Å². The number of aryl methyl sites for hydroxylation is 2. The van der Waals surface area contributed by atoms with Crippen molar-refractivity contribution in [3.8, 4) is 0 Å². The van der Waals surface area contributed by atoms with E-state index in [9.17, 15) is 13.2 Å². The number of hydrogen-bond donors (Lipinski definition) is 2. The zero-order valence-electron chi connectivity index (χ0n) is 15.1. The third-order valence-electron chi connectivity index (χ3n) is 4.06. The van der Waals surface area contributed by atoms with Crippen LogP contribution in [0.4, 0.5) is 11.4 Å². The Morgan fingerprint density at radius 3 is 2.30 bits per heavy atom. The maximum absolute atomic E-state index is 12.6. The van der Waals surface area contributed by atoms with Crippen molar-refractivity contribution in [2.75, 3.05) is 10.0 Å². The van der Waals surface area contributed by atoms with Crippen LogP contribution in [0.3, 0.4) is 0 Å². The van der Waals surface area contributed by atoms with Gasteiger partial charge in [-0.25, -0.2) is 8.42 Å². The van der Waals surface area contributed by atoms with Crippen molar-refractivity contribution in [1.29, 1.82) is 0 Å². The Labute approximate surface area is 159 Å². The third kappa shape index (κ3) is 4.54. The van der Waals surface area contributed by atoms with Crippen molar-refractivity contribution in [1.82, 2.24) is 0 Å². The number of para-hydroxylation sites is 1. The summed E-state index contributed by atoms with van der Waals surface area (Å²) in [6, 6.07) is 20.3. The van der Waals surface area contributed by atoms with Crippen molar-refractivity contribution in [3.63, 3.8) is 0 Å².